The van der Waals surface area contributed by atoms with Crippen LogP contribution < -0.4 is 0 Å². The van der Waals surface area contributed by atoms with E-state index in [9.17, 15) is 14.9 Å². The van der Waals surface area contributed by atoms with Gasteiger partial charge in [0.25, 0.3) is 5.69 Å². The fourth-order valence-electron chi connectivity index (χ4n) is 1.60. The summed E-state index contributed by atoms with van der Waals surface area (Å²) in [7, 11) is 0. The van der Waals surface area contributed by atoms with E-state index in [2.05, 4.69) is 11.0 Å². The quantitative estimate of drug-likeness (QED) is 0.275. The maximum Gasteiger partial charge on any atom is 0.358 e. The molecule has 0 spiro atoms. The van der Waals surface area contributed by atoms with Crippen LogP contribution in [0.15, 0.2) is 36.5 Å². The molecule has 1 heterocycles. The average molecular weight is 285 g/mol. The predicted octanol–water partition coefficient (Wildman–Crippen LogP) is 1.96. The van der Waals surface area contributed by atoms with Gasteiger partial charge in [-0.3, -0.25) is 10.1 Å². The minimum absolute atomic E-state index is 0.0545. The van der Waals surface area contributed by atoms with Crippen molar-refractivity contribution in [1.82, 2.24) is 9.78 Å². The summed E-state index contributed by atoms with van der Waals surface area (Å²) in [5, 5.41) is 14.8. The molecular weight excluding hydrogens is 274 g/mol. The number of esters is 1. The second-order valence-electron chi connectivity index (χ2n) is 4.01. The number of rotatable bonds is 5. The molecule has 0 atom stereocenters. The first kappa shape index (κ1) is 14.3. The molecule has 0 bridgehead atoms. The molecule has 21 heavy (non-hydrogen) atoms. The van der Waals surface area contributed by atoms with E-state index >= 15 is 0 Å². The Kier molecular flexibility index (Phi) is 4.31. The first-order chi connectivity index (χ1) is 10.1. The van der Waals surface area contributed by atoms with Crippen LogP contribution in [0.4, 0.5) is 5.69 Å². The van der Waals surface area contributed by atoms with Crippen LogP contribution >= 0.6 is 0 Å². The number of carbonyl (C=O) groups excluding carboxylic acids is 1. The van der Waals surface area contributed by atoms with Crippen LogP contribution in [0.25, 0.3) is 5.69 Å². The number of nitro benzene ring substituents is 1. The average Bonchev–Trinajstić information content (AvgIpc) is 2.97. The number of ether oxygens (including phenoxy) is 1. The zero-order valence-electron chi connectivity index (χ0n) is 10.9. The van der Waals surface area contributed by atoms with Crippen molar-refractivity contribution in [2.24, 2.45) is 0 Å². The third kappa shape index (κ3) is 3.45. The lowest BCUT2D eigenvalue weighted by Gasteiger charge is -2.01. The van der Waals surface area contributed by atoms with Crippen LogP contribution in [-0.2, 0) is 4.74 Å². The van der Waals surface area contributed by atoms with E-state index in [4.69, 9.17) is 11.2 Å². The summed E-state index contributed by atoms with van der Waals surface area (Å²) in [5.41, 5.74) is 0.534. The van der Waals surface area contributed by atoms with E-state index in [1.54, 1.807) is 12.1 Å². The van der Waals surface area contributed by atoms with Gasteiger partial charge in [0.05, 0.1) is 10.6 Å². The topological polar surface area (TPSA) is 87.3 Å². The zero-order valence-corrected chi connectivity index (χ0v) is 10.9. The molecule has 2 aromatic rings. The molecule has 0 saturated carbocycles. The maximum atomic E-state index is 11.7. The molecule has 0 amide bonds. The van der Waals surface area contributed by atoms with Gasteiger partial charge in [-0.1, -0.05) is 6.07 Å². The lowest BCUT2D eigenvalue weighted by molar-refractivity contribution is -0.384. The third-order valence-corrected chi connectivity index (χ3v) is 2.58. The first-order valence-electron chi connectivity index (χ1n) is 6.03. The molecule has 0 unspecified atom stereocenters. The predicted molar refractivity (Wildman–Crippen MR) is 74.0 cm³/mol. The fourth-order valence-corrected chi connectivity index (χ4v) is 1.60. The smallest absolute Gasteiger partial charge is 0.358 e. The molecule has 0 saturated heterocycles. The van der Waals surface area contributed by atoms with Crippen molar-refractivity contribution < 1.29 is 14.5 Å². The number of nitro groups is 1. The Morgan fingerprint density at radius 2 is 2.29 bits per heavy atom. The number of hydrogen-bond acceptors (Lipinski definition) is 5. The number of non-ortho nitro benzene ring substituents is 1. The van der Waals surface area contributed by atoms with Crippen LogP contribution in [-0.4, -0.2) is 27.3 Å². The fraction of sp³-hybridized carbons (Fsp3) is 0.143. The van der Waals surface area contributed by atoms with Crippen molar-refractivity contribution in [3.05, 3.63) is 52.3 Å². The van der Waals surface area contributed by atoms with Crippen molar-refractivity contribution in [3.8, 4) is 18.0 Å². The van der Waals surface area contributed by atoms with Crippen molar-refractivity contribution in [2.45, 2.75) is 6.42 Å². The van der Waals surface area contributed by atoms with Gasteiger partial charge in [0.2, 0.25) is 0 Å². The normalized spacial score (nSPS) is 9.86. The molecule has 1 aromatic heterocycles. The Balaban J connectivity index is 2.16. The second-order valence-corrected chi connectivity index (χ2v) is 4.01. The molecule has 0 aliphatic heterocycles. The Bertz CT molecular complexity index is 715. The highest BCUT2D eigenvalue weighted by Crippen LogP contribution is 2.16. The lowest BCUT2D eigenvalue weighted by atomic mass is 10.3. The highest BCUT2D eigenvalue weighted by Gasteiger charge is 2.13. The molecule has 0 aliphatic rings. The third-order valence-electron chi connectivity index (χ3n) is 2.58. The summed E-state index contributed by atoms with van der Waals surface area (Å²) in [4.78, 5) is 21.9. The number of terminal acetylenes is 1. The molecule has 0 fully saturated rings. The van der Waals surface area contributed by atoms with E-state index in [0.29, 0.717) is 12.1 Å². The number of hydrogen-bond donors (Lipinski definition) is 0. The van der Waals surface area contributed by atoms with Gasteiger partial charge in [-0.2, -0.15) is 5.10 Å². The zero-order chi connectivity index (χ0) is 15.2. The van der Waals surface area contributed by atoms with E-state index in [-0.39, 0.29) is 18.0 Å². The monoisotopic (exact) mass is 285 g/mol. The largest absolute Gasteiger partial charge is 0.460 e. The number of benzene rings is 1. The molecular formula is C14H11N3O4. The summed E-state index contributed by atoms with van der Waals surface area (Å²) in [6, 6.07) is 7.40. The summed E-state index contributed by atoms with van der Waals surface area (Å²) >= 11 is 0. The highest BCUT2D eigenvalue weighted by molar-refractivity contribution is 5.87. The summed E-state index contributed by atoms with van der Waals surface area (Å²) in [5.74, 6) is 1.77. The van der Waals surface area contributed by atoms with Crippen LogP contribution in [0, 0.1) is 22.5 Å². The minimum atomic E-state index is -0.588. The maximum absolute atomic E-state index is 11.7. The van der Waals surface area contributed by atoms with E-state index < -0.39 is 10.9 Å². The first-order valence-corrected chi connectivity index (χ1v) is 6.03. The summed E-state index contributed by atoms with van der Waals surface area (Å²) in [6.45, 7) is 0.124. The minimum Gasteiger partial charge on any atom is -0.460 e. The van der Waals surface area contributed by atoms with Crippen molar-refractivity contribution in [3.63, 3.8) is 0 Å². The molecule has 7 nitrogen and oxygen atoms in total. The van der Waals surface area contributed by atoms with E-state index in [1.807, 2.05) is 0 Å². The van der Waals surface area contributed by atoms with Crippen molar-refractivity contribution in [1.29, 1.82) is 0 Å². The molecule has 106 valence electrons. The SMILES string of the molecule is C#CCCOC(=O)c1ccn(-c2cccc([N+](=O)[O-])c2)n1. The Morgan fingerprint density at radius 1 is 1.48 bits per heavy atom. The Labute approximate surface area is 120 Å². The highest BCUT2D eigenvalue weighted by atomic mass is 16.6. The van der Waals surface area contributed by atoms with Gasteiger partial charge in [-0.05, 0) is 12.1 Å². The van der Waals surface area contributed by atoms with E-state index in [0.717, 1.165) is 0 Å². The van der Waals surface area contributed by atoms with Crippen LogP contribution in [0.5, 0.6) is 0 Å². The van der Waals surface area contributed by atoms with Gasteiger partial charge in [0.1, 0.15) is 6.61 Å². The standard InChI is InChI=1S/C14H11N3O4/c1-2-3-9-21-14(18)13-7-8-16(15-13)11-5-4-6-12(10-11)17(19)20/h1,4-8,10H,3,9H2. The van der Waals surface area contributed by atoms with Gasteiger partial charge in [0.15, 0.2) is 5.69 Å². The van der Waals surface area contributed by atoms with E-state index in [1.165, 1.54) is 29.1 Å². The molecule has 0 aliphatic carbocycles. The van der Waals surface area contributed by atoms with Crippen LogP contribution in [0.2, 0.25) is 0 Å². The van der Waals surface area contributed by atoms with Gasteiger partial charge in [-0.25, -0.2) is 9.48 Å². The van der Waals surface area contributed by atoms with Gasteiger partial charge in [-0.15, -0.1) is 12.3 Å². The number of aromatic nitrogens is 2. The number of carbonyl (C=O) groups is 1. The molecule has 2 rings (SSSR count). The van der Waals surface area contributed by atoms with Gasteiger partial charge < -0.3 is 4.74 Å². The van der Waals surface area contributed by atoms with Crippen molar-refractivity contribution >= 4 is 11.7 Å². The molecule has 1 aromatic carbocycles. The summed E-state index contributed by atoms with van der Waals surface area (Å²) < 4.78 is 6.28. The number of nitrogens with zero attached hydrogens (tertiary/aromatic N) is 3. The molecule has 7 heteroatoms. The Morgan fingerprint density at radius 3 is 3.00 bits per heavy atom. The molecule has 0 N–H and O–H groups in total. The van der Waals surface area contributed by atoms with Gasteiger partial charge >= 0.3 is 5.97 Å². The molecule has 0 radical (unpaired) electrons. The van der Waals surface area contributed by atoms with Crippen LogP contribution in [0.1, 0.15) is 16.9 Å². The Hall–Kier alpha value is -3.14. The second kappa shape index (κ2) is 6.34. The van der Waals surface area contributed by atoms with Crippen molar-refractivity contribution in [2.75, 3.05) is 6.61 Å². The lowest BCUT2D eigenvalue weighted by Crippen LogP contribution is -2.08. The van der Waals surface area contributed by atoms with Crippen LogP contribution in [0.3, 0.4) is 0 Å². The van der Waals surface area contributed by atoms with Gasteiger partial charge in [0, 0.05) is 24.8 Å². The summed E-state index contributed by atoms with van der Waals surface area (Å²) in [6.07, 6.45) is 6.91.